The predicted molar refractivity (Wildman–Crippen MR) is 54.5 cm³/mol. The first-order valence-corrected chi connectivity index (χ1v) is 4.70. The second-order valence-corrected chi connectivity index (χ2v) is 3.68. The molecule has 0 aromatic heterocycles. The van der Waals surface area contributed by atoms with E-state index >= 15 is 0 Å². The van der Waals surface area contributed by atoms with Gasteiger partial charge in [-0.1, -0.05) is 13.8 Å². The molecule has 0 saturated heterocycles. The Morgan fingerprint density at radius 2 is 1.93 bits per heavy atom. The lowest BCUT2D eigenvalue weighted by Crippen LogP contribution is -2.47. The van der Waals surface area contributed by atoms with E-state index in [-0.39, 0.29) is 12.5 Å². The number of nitrogens with one attached hydrogen (secondary N) is 2. The monoisotopic (exact) mass is 201 g/mol. The van der Waals surface area contributed by atoms with Gasteiger partial charge in [0.15, 0.2) is 0 Å². The Morgan fingerprint density at radius 1 is 1.36 bits per heavy atom. The molecular formula is C9H19N3O2. The predicted octanol–water partition coefficient (Wildman–Crippen LogP) is -0.778. The Bertz CT molecular complexity index is 204. The van der Waals surface area contributed by atoms with Crippen LogP contribution in [0.2, 0.25) is 0 Å². The first kappa shape index (κ1) is 12.9. The van der Waals surface area contributed by atoms with Gasteiger partial charge in [-0.25, -0.2) is 0 Å². The number of rotatable bonds is 6. The van der Waals surface area contributed by atoms with Crippen molar-refractivity contribution >= 4 is 11.8 Å². The van der Waals surface area contributed by atoms with Crippen LogP contribution >= 0.6 is 0 Å². The third-order valence-corrected chi connectivity index (χ3v) is 1.72. The van der Waals surface area contributed by atoms with Gasteiger partial charge in [0.05, 0.1) is 6.54 Å². The minimum absolute atomic E-state index is 0.196. The van der Waals surface area contributed by atoms with Crippen molar-refractivity contribution in [1.82, 2.24) is 10.6 Å². The van der Waals surface area contributed by atoms with Crippen molar-refractivity contribution in [2.24, 2.45) is 11.7 Å². The van der Waals surface area contributed by atoms with Crippen LogP contribution in [0.15, 0.2) is 0 Å². The number of primary amides is 1. The van der Waals surface area contributed by atoms with Gasteiger partial charge in [-0.05, 0) is 19.4 Å². The molecule has 4 N–H and O–H groups in total. The summed E-state index contributed by atoms with van der Waals surface area (Å²) in [5.74, 6) is -0.373. The molecule has 0 spiro atoms. The van der Waals surface area contributed by atoms with Gasteiger partial charge in [-0.15, -0.1) is 0 Å². The molecule has 82 valence electrons. The topological polar surface area (TPSA) is 84.2 Å². The van der Waals surface area contributed by atoms with Crippen molar-refractivity contribution < 1.29 is 9.59 Å². The number of likely N-dealkylation sites (N-methyl/N-ethyl adjacent to an activating group) is 1. The molecule has 5 heteroatoms. The molecule has 1 unspecified atom stereocenters. The number of nitrogens with two attached hydrogens (primary N) is 1. The quantitative estimate of drug-likeness (QED) is 0.527. The minimum Gasteiger partial charge on any atom is -0.368 e. The smallest absolute Gasteiger partial charge is 0.240 e. The highest BCUT2D eigenvalue weighted by Crippen LogP contribution is 2.03. The van der Waals surface area contributed by atoms with E-state index in [9.17, 15) is 9.59 Å². The zero-order valence-corrected chi connectivity index (χ0v) is 8.96. The highest BCUT2D eigenvalue weighted by atomic mass is 16.2. The van der Waals surface area contributed by atoms with E-state index in [4.69, 9.17) is 5.73 Å². The maximum atomic E-state index is 11.2. The zero-order chi connectivity index (χ0) is 11.1. The Labute approximate surface area is 84.4 Å². The molecule has 2 amide bonds. The molecule has 1 atom stereocenters. The summed E-state index contributed by atoms with van der Waals surface area (Å²) >= 11 is 0. The Hall–Kier alpha value is -1.10. The maximum absolute atomic E-state index is 11.2. The standard InChI is InChI=1S/C9H19N3O2/c1-6(2)4-7(9(10)14)12-8(13)5-11-3/h6-7,11H,4-5H2,1-3H3,(H2,10,14)(H,12,13). The lowest BCUT2D eigenvalue weighted by atomic mass is 10.0. The lowest BCUT2D eigenvalue weighted by Gasteiger charge is -2.17. The fourth-order valence-electron chi connectivity index (χ4n) is 1.12. The summed E-state index contributed by atoms with van der Waals surface area (Å²) in [5.41, 5.74) is 5.16. The van der Waals surface area contributed by atoms with Crippen molar-refractivity contribution in [2.45, 2.75) is 26.3 Å². The van der Waals surface area contributed by atoms with E-state index in [0.717, 1.165) is 0 Å². The number of carbonyl (C=O) groups excluding carboxylic acids is 2. The summed E-state index contributed by atoms with van der Waals surface area (Å²) in [6.07, 6.45) is 0.574. The van der Waals surface area contributed by atoms with Crippen LogP contribution < -0.4 is 16.4 Å². The molecule has 14 heavy (non-hydrogen) atoms. The number of carbonyl (C=O) groups is 2. The fraction of sp³-hybridized carbons (Fsp3) is 0.778. The summed E-state index contributed by atoms with van der Waals surface area (Å²) in [7, 11) is 1.67. The SMILES string of the molecule is CNCC(=O)NC(CC(C)C)C(N)=O. The number of hydrogen-bond acceptors (Lipinski definition) is 3. The van der Waals surface area contributed by atoms with Crippen LogP contribution in [0.1, 0.15) is 20.3 Å². The molecule has 0 radical (unpaired) electrons. The van der Waals surface area contributed by atoms with E-state index < -0.39 is 11.9 Å². The van der Waals surface area contributed by atoms with Crippen molar-refractivity contribution in [3.63, 3.8) is 0 Å². The summed E-state index contributed by atoms with van der Waals surface area (Å²) in [4.78, 5) is 22.1. The van der Waals surface area contributed by atoms with Gasteiger partial charge in [-0.3, -0.25) is 9.59 Å². The molecule has 0 aliphatic heterocycles. The third kappa shape index (κ3) is 5.53. The number of amides is 2. The normalized spacial score (nSPS) is 12.6. The zero-order valence-electron chi connectivity index (χ0n) is 8.96. The fourth-order valence-corrected chi connectivity index (χ4v) is 1.12. The average Bonchev–Trinajstić information content (AvgIpc) is 2.02. The van der Waals surface area contributed by atoms with E-state index in [1.807, 2.05) is 13.8 Å². The number of hydrogen-bond donors (Lipinski definition) is 3. The lowest BCUT2D eigenvalue weighted by molar-refractivity contribution is -0.127. The van der Waals surface area contributed by atoms with Gasteiger partial charge < -0.3 is 16.4 Å². The highest BCUT2D eigenvalue weighted by Gasteiger charge is 2.18. The van der Waals surface area contributed by atoms with E-state index in [2.05, 4.69) is 10.6 Å². The van der Waals surface area contributed by atoms with Crippen molar-refractivity contribution in [1.29, 1.82) is 0 Å². The first-order chi connectivity index (χ1) is 6.47. The molecule has 0 fully saturated rings. The van der Waals surface area contributed by atoms with Crippen molar-refractivity contribution in [3.05, 3.63) is 0 Å². The first-order valence-electron chi connectivity index (χ1n) is 4.70. The molecule has 5 nitrogen and oxygen atoms in total. The van der Waals surface area contributed by atoms with Crippen LogP contribution in [0.5, 0.6) is 0 Å². The molecule has 0 rings (SSSR count). The average molecular weight is 201 g/mol. The van der Waals surface area contributed by atoms with Gasteiger partial charge in [0.1, 0.15) is 6.04 Å². The largest absolute Gasteiger partial charge is 0.368 e. The third-order valence-electron chi connectivity index (χ3n) is 1.72. The molecule has 0 saturated carbocycles. The van der Waals surface area contributed by atoms with Crippen LogP contribution in [0, 0.1) is 5.92 Å². The Kier molecular flexibility index (Phi) is 5.87. The van der Waals surface area contributed by atoms with Gasteiger partial charge in [0, 0.05) is 0 Å². The maximum Gasteiger partial charge on any atom is 0.240 e. The van der Waals surface area contributed by atoms with Crippen LogP contribution in [-0.2, 0) is 9.59 Å². The Balaban J connectivity index is 4.09. The molecule has 0 aliphatic rings. The second-order valence-electron chi connectivity index (χ2n) is 3.68. The molecule has 0 bridgehead atoms. The van der Waals surface area contributed by atoms with Crippen molar-refractivity contribution in [3.8, 4) is 0 Å². The summed E-state index contributed by atoms with van der Waals surface area (Å²) < 4.78 is 0. The molecular weight excluding hydrogens is 182 g/mol. The second kappa shape index (κ2) is 6.37. The van der Waals surface area contributed by atoms with Crippen LogP contribution in [0.25, 0.3) is 0 Å². The molecule has 0 heterocycles. The minimum atomic E-state index is -0.559. The van der Waals surface area contributed by atoms with Crippen LogP contribution in [-0.4, -0.2) is 31.4 Å². The molecule has 0 aliphatic carbocycles. The van der Waals surface area contributed by atoms with Gasteiger partial charge in [0.2, 0.25) is 11.8 Å². The van der Waals surface area contributed by atoms with Crippen molar-refractivity contribution in [2.75, 3.05) is 13.6 Å². The van der Waals surface area contributed by atoms with E-state index in [1.54, 1.807) is 7.05 Å². The van der Waals surface area contributed by atoms with Gasteiger partial charge >= 0.3 is 0 Å². The van der Waals surface area contributed by atoms with Gasteiger partial charge in [0.25, 0.3) is 0 Å². The molecule has 0 aromatic rings. The van der Waals surface area contributed by atoms with Crippen LogP contribution in [0.4, 0.5) is 0 Å². The van der Waals surface area contributed by atoms with E-state index in [1.165, 1.54) is 0 Å². The highest BCUT2D eigenvalue weighted by molar-refractivity contribution is 5.87. The summed E-state index contributed by atoms with van der Waals surface area (Å²) in [6, 6.07) is -0.559. The van der Waals surface area contributed by atoms with Crippen LogP contribution in [0.3, 0.4) is 0 Å². The molecule has 0 aromatic carbocycles. The Morgan fingerprint density at radius 3 is 2.29 bits per heavy atom. The summed E-state index contributed by atoms with van der Waals surface area (Å²) in [5, 5.41) is 5.27. The van der Waals surface area contributed by atoms with Gasteiger partial charge in [-0.2, -0.15) is 0 Å². The van der Waals surface area contributed by atoms with E-state index in [0.29, 0.717) is 12.3 Å². The summed E-state index contributed by atoms with van der Waals surface area (Å²) in [6.45, 7) is 4.14.